The number of nitrogens with one attached hydrogen (secondary N) is 2. The number of nitrogens with zero attached hydrogens (tertiary/aromatic N) is 1. The van der Waals surface area contributed by atoms with Gasteiger partial charge >= 0.3 is 5.97 Å². The first kappa shape index (κ1) is 20.4. The minimum atomic E-state index is -1.17. The minimum absolute atomic E-state index is 0.0636. The average molecular weight is 395 g/mol. The van der Waals surface area contributed by atoms with E-state index < -0.39 is 18.4 Å². The Morgan fingerprint density at radius 3 is 2.55 bits per heavy atom. The Morgan fingerprint density at radius 2 is 1.93 bits per heavy atom. The summed E-state index contributed by atoms with van der Waals surface area (Å²) in [7, 11) is 0. The Hall–Kier alpha value is -3.35. The van der Waals surface area contributed by atoms with Gasteiger partial charge in [0.2, 0.25) is 0 Å². The number of carboxylic acid groups (broad SMARTS) is 1. The Morgan fingerprint density at radius 1 is 1.24 bits per heavy atom. The molecule has 0 saturated carbocycles. The van der Waals surface area contributed by atoms with E-state index in [0.717, 1.165) is 11.3 Å². The molecule has 7 heteroatoms. The number of carboxylic acids is 1. The summed E-state index contributed by atoms with van der Waals surface area (Å²) in [5.74, 6) is -2.18. The molecule has 152 valence electrons. The molecule has 0 aromatic heterocycles. The zero-order chi connectivity index (χ0) is 21.2. The van der Waals surface area contributed by atoms with E-state index in [1.165, 1.54) is 11.8 Å². The summed E-state index contributed by atoms with van der Waals surface area (Å²) in [6.07, 6.45) is 5.62. The lowest BCUT2D eigenvalue weighted by Gasteiger charge is -2.25. The summed E-state index contributed by atoms with van der Waals surface area (Å²) in [4.78, 5) is 26.8. The molecule has 0 fully saturated rings. The standard InChI is InChI=1S/C22H25N3O4/c1-22(2,3)14-6-4-13(5-7-14)16-9-8-15-17(25-16)10-11-23-19(20(15)28)21(29)24-12-18(26)27/h4-9,11,16,25,28H,10,12H2,1-3H3,(H,24,29)(H,26,27). The van der Waals surface area contributed by atoms with Crippen LogP contribution in [0, 0.1) is 0 Å². The largest absolute Gasteiger partial charge is 0.505 e. The van der Waals surface area contributed by atoms with Gasteiger partial charge in [0.1, 0.15) is 6.54 Å². The highest BCUT2D eigenvalue weighted by Gasteiger charge is 2.25. The third-order valence-corrected chi connectivity index (χ3v) is 4.86. The summed E-state index contributed by atoms with van der Waals surface area (Å²) >= 11 is 0. The number of aliphatic imine (C=N–C) groups is 1. The average Bonchev–Trinajstić information content (AvgIpc) is 2.84. The third kappa shape index (κ3) is 4.56. The van der Waals surface area contributed by atoms with Crippen LogP contribution >= 0.6 is 0 Å². The van der Waals surface area contributed by atoms with Crippen LogP contribution in [0.3, 0.4) is 0 Å². The van der Waals surface area contributed by atoms with Gasteiger partial charge in [0.15, 0.2) is 11.5 Å². The van der Waals surface area contributed by atoms with Crippen molar-refractivity contribution in [3.05, 3.63) is 70.3 Å². The number of aliphatic hydroxyl groups is 1. The molecule has 3 rings (SSSR count). The van der Waals surface area contributed by atoms with Crippen molar-refractivity contribution in [3.8, 4) is 0 Å². The number of dihydropyridines is 1. The second kappa shape index (κ2) is 7.95. The normalized spacial score (nSPS) is 18.8. The highest BCUT2D eigenvalue weighted by Crippen LogP contribution is 2.31. The number of carbonyl (C=O) groups is 2. The van der Waals surface area contributed by atoms with Gasteiger partial charge in [0, 0.05) is 23.9 Å². The van der Waals surface area contributed by atoms with Crippen LogP contribution in [-0.4, -0.2) is 34.8 Å². The number of allylic oxidation sites excluding steroid dienone is 2. The van der Waals surface area contributed by atoms with Crippen LogP contribution in [0.15, 0.2) is 64.1 Å². The van der Waals surface area contributed by atoms with Gasteiger partial charge in [-0.05, 0) is 16.5 Å². The molecule has 1 aromatic rings. The first-order valence-electron chi connectivity index (χ1n) is 9.41. The Kier molecular flexibility index (Phi) is 5.59. The van der Waals surface area contributed by atoms with Crippen molar-refractivity contribution in [3.63, 3.8) is 0 Å². The van der Waals surface area contributed by atoms with Crippen LogP contribution in [-0.2, 0) is 15.0 Å². The molecule has 0 aliphatic carbocycles. The topological polar surface area (TPSA) is 111 Å². The Balaban J connectivity index is 1.81. The number of rotatable bonds is 4. The molecule has 7 nitrogen and oxygen atoms in total. The minimum Gasteiger partial charge on any atom is -0.505 e. The zero-order valence-electron chi connectivity index (χ0n) is 16.7. The van der Waals surface area contributed by atoms with Crippen molar-refractivity contribution in [1.82, 2.24) is 10.6 Å². The van der Waals surface area contributed by atoms with Gasteiger partial charge in [-0.3, -0.25) is 14.6 Å². The maximum Gasteiger partial charge on any atom is 0.322 e. The lowest BCUT2D eigenvalue weighted by atomic mass is 9.86. The molecule has 1 aromatic carbocycles. The maximum absolute atomic E-state index is 12.2. The van der Waals surface area contributed by atoms with Crippen molar-refractivity contribution >= 4 is 18.1 Å². The highest BCUT2D eigenvalue weighted by molar-refractivity contribution is 5.97. The van der Waals surface area contributed by atoms with Crippen molar-refractivity contribution < 1.29 is 19.8 Å². The molecule has 4 N–H and O–H groups in total. The van der Waals surface area contributed by atoms with Gasteiger partial charge in [-0.25, -0.2) is 0 Å². The lowest BCUT2D eigenvalue weighted by molar-refractivity contribution is -0.137. The molecule has 0 saturated heterocycles. The van der Waals surface area contributed by atoms with Crippen molar-refractivity contribution in [2.45, 2.75) is 38.6 Å². The quantitative estimate of drug-likeness (QED) is 0.626. The fourth-order valence-electron chi connectivity index (χ4n) is 3.20. The van der Waals surface area contributed by atoms with Gasteiger partial charge in [-0.2, -0.15) is 0 Å². The molecule has 1 atom stereocenters. The third-order valence-electron chi connectivity index (χ3n) is 4.86. The summed E-state index contributed by atoms with van der Waals surface area (Å²) < 4.78 is 0. The molecule has 2 aliphatic heterocycles. The van der Waals surface area contributed by atoms with E-state index in [-0.39, 0.29) is 22.9 Å². The number of hydrogen-bond donors (Lipinski definition) is 4. The van der Waals surface area contributed by atoms with Crippen LogP contribution in [0.2, 0.25) is 0 Å². The van der Waals surface area contributed by atoms with E-state index in [2.05, 4.69) is 60.7 Å². The zero-order valence-corrected chi connectivity index (χ0v) is 16.7. The molecule has 1 amide bonds. The fourth-order valence-corrected chi connectivity index (χ4v) is 3.20. The Labute approximate surface area is 169 Å². The summed E-state index contributed by atoms with van der Waals surface area (Å²) in [6.45, 7) is 5.96. The van der Waals surface area contributed by atoms with E-state index in [1.54, 1.807) is 6.08 Å². The van der Waals surface area contributed by atoms with E-state index in [9.17, 15) is 14.7 Å². The predicted molar refractivity (Wildman–Crippen MR) is 111 cm³/mol. The first-order chi connectivity index (χ1) is 13.7. The predicted octanol–water partition coefficient (Wildman–Crippen LogP) is 2.88. The second-order valence-corrected chi connectivity index (χ2v) is 8.03. The summed E-state index contributed by atoms with van der Waals surface area (Å²) in [5.41, 5.74) is 3.45. The van der Waals surface area contributed by atoms with Gasteiger partial charge < -0.3 is 20.8 Å². The smallest absolute Gasteiger partial charge is 0.322 e. The molecular formula is C22H25N3O4. The van der Waals surface area contributed by atoms with Crippen LogP contribution < -0.4 is 10.6 Å². The number of aliphatic hydroxyl groups excluding tert-OH is 1. The Bertz CT molecular complexity index is 947. The SMILES string of the molecule is CC(C)(C)c1ccc(C2C=CC3=C(CC=NC(C(=O)NCC(=O)O)=C3O)N2)cc1. The molecule has 2 heterocycles. The second-order valence-electron chi connectivity index (χ2n) is 8.03. The van der Waals surface area contributed by atoms with Crippen molar-refractivity contribution in [1.29, 1.82) is 0 Å². The number of amides is 1. The highest BCUT2D eigenvalue weighted by atomic mass is 16.4. The van der Waals surface area contributed by atoms with Crippen LogP contribution in [0.5, 0.6) is 0 Å². The van der Waals surface area contributed by atoms with Gasteiger partial charge in [0.05, 0.1) is 6.04 Å². The number of aliphatic carboxylic acids is 1. The van der Waals surface area contributed by atoms with Gasteiger partial charge in [0.25, 0.3) is 5.91 Å². The van der Waals surface area contributed by atoms with E-state index in [1.807, 2.05) is 6.08 Å². The number of benzene rings is 1. The summed E-state index contributed by atoms with van der Waals surface area (Å²) in [6, 6.07) is 8.34. The first-order valence-corrected chi connectivity index (χ1v) is 9.41. The van der Waals surface area contributed by atoms with Gasteiger partial charge in [-0.15, -0.1) is 0 Å². The molecular weight excluding hydrogens is 370 g/mol. The van der Waals surface area contributed by atoms with Crippen molar-refractivity contribution in [2.75, 3.05) is 6.54 Å². The fraction of sp³-hybridized carbons (Fsp3) is 0.318. The summed E-state index contributed by atoms with van der Waals surface area (Å²) in [5, 5.41) is 24.9. The molecule has 0 bridgehead atoms. The van der Waals surface area contributed by atoms with E-state index in [0.29, 0.717) is 12.0 Å². The van der Waals surface area contributed by atoms with Gasteiger partial charge in [-0.1, -0.05) is 57.2 Å². The van der Waals surface area contributed by atoms with Crippen LogP contribution in [0.1, 0.15) is 44.4 Å². The number of hydrogen-bond acceptors (Lipinski definition) is 5. The van der Waals surface area contributed by atoms with E-state index in [4.69, 9.17) is 5.11 Å². The van der Waals surface area contributed by atoms with Crippen molar-refractivity contribution in [2.24, 2.45) is 4.99 Å². The maximum atomic E-state index is 12.2. The number of carbonyl (C=O) groups excluding carboxylic acids is 1. The van der Waals surface area contributed by atoms with Crippen LogP contribution in [0.4, 0.5) is 0 Å². The monoisotopic (exact) mass is 395 g/mol. The van der Waals surface area contributed by atoms with E-state index >= 15 is 0 Å². The molecule has 0 radical (unpaired) electrons. The molecule has 0 spiro atoms. The molecule has 29 heavy (non-hydrogen) atoms. The lowest BCUT2D eigenvalue weighted by Crippen LogP contribution is -2.31. The molecule has 1 unspecified atom stereocenters. The van der Waals surface area contributed by atoms with Crippen LogP contribution in [0.25, 0.3) is 0 Å². The molecule has 2 aliphatic rings.